The van der Waals surface area contributed by atoms with E-state index in [-0.39, 0.29) is 0 Å². The zero-order valence-corrected chi connectivity index (χ0v) is 13.0. The smallest absolute Gasteiger partial charge is 0.241 e. The van der Waals surface area contributed by atoms with Crippen LogP contribution >= 0.6 is 0 Å². The number of hydrogen-bond acceptors (Lipinski definition) is 3. The topological polar surface area (TPSA) is 58.2 Å². The van der Waals surface area contributed by atoms with Crippen LogP contribution in [0.5, 0.6) is 0 Å². The molecule has 2 N–H and O–H groups in total. The van der Waals surface area contributed by atoms with Crippen molar-refractivity contribution in [1.29, 1.82) is 0 Å². The molecule has 0 aliphatic rings. The average molecular weight is 284 g/mol. The molecule has 0 heterocycles. The third-order valence-corrected chi connectivity index (χ3v) is 4.20. The van der Waals surface area contributed by atoms with E-state index < -0.39 is 15.6 Å². The van der Waals surface area contributed by atoms with Crippen LogP contribution in [0.1, 0.15) is 39.7 Å². The molecule has 0 saturated carbocycles. The van der Waals surface area contributed by atoms with Crippen LogP contribution in [0.3, 0.4) is 0 Å². The van der Waals surface area contributed by atoms with Gasteiger partial charge in [0.05, 0.1) is 4.90 Å². The molecule has 4 nitrogen and oxygen atoms in total. The Kier molecular flexibility index (Phi) is 5.52. The Morgan fingerprint density at radius 3 is 2.16 bits per heavy atom. The number of hydrogen-bond donors (Lipinski definition) is 2. The van der Waals surface area contributed by atoms with Crippen LogP contribution in [0.2, 0.25) is 0 Å². The summed E-state index contributed by atoms with van der Waals surface area (Å²) in [5.41, 5.74) is 0.614. The summed E-state index contributed by atoms with van der Waals surface area (Å²) in [6, 6.07) is 6.99. The molecule has 1 aromatic rings. The SMILES string of the molecule is CCCNCc1ccc(S(=O)(=O)NC(C)(C)C)cc1. The second-order valence-corrected chi connectivity index (χ2v) is 7.36. The zero-order chi connectivity index (χ0) is 14.5. The Bertz CT molecular complexity index is 487. The average Bonchev–Trinajstić information content (AvgIpc) is 2.27. The van der Waals surface area contributed by atoms with E-state index in [2.05, 4.69) is 17.0 Å². The van der Waals surface area contributed by atoms with Crippen molar-refractivity contribution in [3.63, 3.8) is 0 Å². The molecule has 0 atom stereocenters. The predicted octanol–water partition coefficient (Wildman–Crippen LogP) is 2.26. The van der Waals surface area contributed by atoms with Crippen molar-refractivity contribution >= 4 is 10.0 Å². The molecule has 0 aromatic heterocycles. The number of nitrogens with one attached hydrogen (secondary N) is 2. The van der Waals surface area contributed by atoms with Crippen LogP contribution in [0, 0.1) is 0 Å². The lowest BCUT2D eigenvalue weighted by molar-refractivity contribution is 0.491. The lowest BCUT2D eigenvalue weighted by atomic mass is 10.1. The predicted molar refractivity (Wildman–Crippen MR) is 78.5 cm³/mol. The minimum atomic E-state index is -3.43. The molecule has 0 amide bonds. The summed E-state index contributed by atoms with van der Waals surface area (Å²) in [6.07, 6.45) is 1.09. The molecule has 0 unspecified atom stereocenters. The van der Waals surface area contributed by atoms with Crippen molar-refractivity contribution in [3.05, 3.63) is 29.8 Å². The molecule has 0 saturated heterocycles. The van der Waals surface area contributed by atoms with Gasteiger partial charge in [-0.15, -0.1) is 0 Å². The van der Waals surface area contributed by atoms with Gasteiger partial charge in [0.2, 0.25) is 10.0 Å². The van der Waals surface area contributed by atoms with E-state index in [4.69, 9.17) is 0 Å². The van der Waals surface area contributed by atoms with Gasteiger partial charge in [-0.2, -0.15) is 0 Å². The van der Waals surface area contributed by atoms with E-state index in [0.29, 0.717) is 4.90 Å². The van der Waals surface area contributed by atoms with Crippen molar-refractivity contribution in [1.82, 2.24) is 10.0 Å². The van der Waals surface area contributed by atoms with Gasteiger partial charge >= 0.3 is 0 Å². The highest BCUT2D eigenvalue weighted by Gasteiger charge is 2.21. The van der Waals surface area contributed by atoms with Crippen LogP contribution < -0.4 is 10.0 Å². The van der Waals surface area contributed by atoms with E-state index in [1.54, 1.807) is 12.1 Å². The van der Waals surface area contributed by atoms with Crippen molar-refractivity contribution in [2.75, 3.05) is 6.54 Å². The van der Waals surface area contributed by atoms with Crippen LogP contribution in [-0.2, 0) is 16.6 Å². The Hall–Kier alpha value is -0.910. The van der Waals surface area contributed by atoms with Gasteiger partial charge in [0.1, 0.15) is 0 Å². The van der Waals surface area contributed by atoms with E-state index >= 15 is 0 Å². The van der Waals surface area contributed by atoms with E-state index in [0.717, 1.165) is 25.1 Å². The Morgan fingerprint density at radius 1 is 1.11 bits per heavy atom. The maximum Gasteiger partial charge on any atom is 0.241 e. The van der Waals surface area contributed by atoms with Crippen LogP contribution in [-0.4, -0.2) is 20.5 Å². The molecule has 19 heavy (non-hydrogen) atoms. The van der Waals surface area contributed by atoms with Gasteiger partial charge in [-0.25, -0.2) is 13.1 Å². The molecular weight excluding hydrogens is 260 g/mol. The molecule has 108 valence electrons. The summed E-state index contributed by atoms with van der Waals surface area (Å²) in [4.78, 5) is 0.307. The molecule has 0 fully saturated rings. The molecule has 5 heteroatoms. The maximum atomic E-state index is 12.1. The summed E-state index contributed by atoms with van der Waals surface area (Å²) in [5, 5.41) is 3.28. The Labute approximate surface area is 116 Å². The van der Waals surface area contributed by atoms with Gasteiger partial charge in [0.15, 0.2) is 0 Å². The van der Waals surface area contributed by atoms with Crippen molar-refractivity contribution in [2.45, 2.75) is 51.1 Å². The van der Waals surface area contributed by atoms with Gasteiger partial charge in [-0.05, 0) is 51.4 Å². The fourth-order valence-electron chi connectivity index (χ4n) is 1.66. The van der Waals surface area contributed by atoms with Gasteiger partial charge in [-0.3, -0.25) is 0 Å². The van der Waals surface area contributed by atoms with E-state index in [1.807, 2.05) is 32.9 Å². The Morgan fingerprint density at radius 2 is 1.68 bits per heavy atom. The lowest BCUT2D eigenvalue weighted by Gasteiger charge is -2.20. The summed E-state index contributed by atoms with van der Waals surface area (Å²) < 4.78 is 26.8. The van der Waals surface area contributed by atoms with Crippen molar-refractivity contribution < 1.29 is 8.42 Å². The molecule has 0 radical (unpaired) electrons. The monoisotopic (exact) mass is 284 g/mol. The molecule has 1 aromatic carbocycles. The van der Waals surface area contributed by atoms with Gasteiger partial charge < -0.3 is 5.32 Å². The second-order valence-electron chi connectivity index (χ2n) is 5.68. The largest absolute Gasteiger partial charge is 0.313 e. The summed E-state index contributed by atoms with van der Waals surface area (Å²) in [6.45, 7) is 9.32. The first-order chi connectivity index (χ1) is 8.74. The third-order valence-electron chi connectivity index (χ3n) is 2.43. The van der Waals surface area contributed by atoms with E-state index in [9.17, 15) is 8.42 Å². The summed E-state index contributed by atoms with van der Waals surface area (Å²) >= 11 is 0. The van der Waals surface area contributed by atoms with Crippen molar-refractivity contribution in [3.8, 4) is 0 Å². The van der Waals surface area contributed by atoms with E-state index in [1.165, 1.54) is 0 Å². The zero-order valence-electron chi connectivity index (χ0n) is 12.2. The number of benzene rings is 1. The van der Waals surface area contributed by atoms with Gasteiger partial charge in [0, 0.05) is 12.1 Å². The highest BCUT2D eigenvalue weighted by molar-refractivity contribution is 7.89. The van der Waals surface area contributed by atoms with Crippen LogP contribution in [0.4, 0.5) is 0 Å². The first-order valence-corrected chi connectivity index (χ1v) is 8.06. The van der Waals surface area contributed by atoms with Gasteiger partial charge in [-0.1, -0.05) is 19.1 Å². The van der Waals surface area contributed by atoms with Crippen LogP contribution in [0.15, 0.2) is 29.2 Å². The standard InChI is InChI=1S/C14H24N2O2S/c1-5-10-15-11-12-6-8-13(9-7-12)19(17,18)16-14(2,3)4/h6-9,15-16H,5,10-11H2,1-4H3. The fourth-order valence-corrected chi connectivity index (χ4v) is 3.08. The Balaban J connectivity index is 2.75. The molecule has 1 rings (SSSR count). The van der Waals surface area contributed by atoms with Crippen LogP contribution in [0.25, 0.3) is 0 Å². The second kappa shape index (κ2) is 6.50. The minimum absolute atomic E-state index is 0.307. The third kappa shape index (κ3) is 5.72. The van der Waals surface area contributed by atoms with Gasteiger partial charge in [0.25, 0.3) is 0 Å². The van der Waals surface area contributed by atoms with Crippen molar-refractivity contribution in [2.24, 2.45) is 0 Å². The minimum Gasteiger partial charge on any atom is -0.313 e. The fraction of sp³-hybridized carbons (Fsp3) is 0.571. The highest BCUT2D eigenvalue weighted by Crippen LogP contribution is 2.13. The molecular formula is C14H24N2O2S. The molecule has 0 bridgehead atoms. The number of rotatable bonds is 6. The first kappa shape index (κ1) is 16.1. The summed E-state index contributed by atoms with van der Waals surface area (Å²) in [5.74, 6) is 0. The normalized spacial score (nSPS) is 12.6. The lowest BCUT2D eigenvalue weighted by Crippen LogP contribution is -2.40. The highest BCUT2D eigenvalue weighted by atomic mass is 32.2. The quantitative estimate of drug-likeness (QED) is 0.788. The molecule has 0 aliphatic heterocycles. The molecule has 0 spiro atoms. The first-order valence-electron chi connectivity index (χ1n) is 6.58. The summed E-state index contributed by atoms with van der Waals surface area (Å²) in [7, 11) is -3.43. The number of sulfonamides is 1. The molecule has 0 aliphatic carbocycles. The maximum absolute atomic E-state index is 12.1.